The number of aryl methyl sites for hydroxylation is 1. The molecular weight excluding hydrogens is 460 g/mol. The van der Waals surface area contributed by atoms with Crippen molar-refractivity contribution >= 4 is 16.9 Å². The monoisotopic (exact) mass is 465 g/mol. The van der Waals surface area contributed by atoms with E-state index in [2.05, 4.69) is 4.98 Å². The smallest absolute Gasteiger partial charge is 0.339 e. The van der Waals surface area contributed by atoms with Gasteiger partial charge in [0.1, 0.15) is 0 Å². The predicted molar refractivity (Wildman–Crippen MR) is 48.3 cm³/mol. The van der Waals surface area contributed by atoms with Crippen LogP contribution in [0.1, 0.15) is 9.88 Å². The van der Waals surface area contributed by atoms with Gasteiger partial charge in [-0.1, -0.05) is 0 Å². The Morgan fingerprint density at radius 2 is 1.72 bits per heavy atom. The van der Waals surface area contributed by atoms with Crippen LogP contribution in [0, 0.1) is 13.0 Å². The van der Waals surface area contributed by atoms with Gasteiger partial charge in [0.25, 0.3) is 5.92 Å². The molecule has 0 N–H and O–H groups in total. The van der Waals surface area contributed by atoms with E-state index in [0.717, 1.165) is 12.3 Å². The third-order valence-electron chi connectivity index (χ3n) is 2.22. The maximum atomic E-state index is 13.2. The number of halogens is 6. The molecule has 9 heteroatoms. The Morgan fingerprint density at radius 1 is 1.17 bits per heavy atom. The van der Waals surface area contributed by atoms with Crippen LogP contribution in [0.3, 0.4) is 0 Å². The molecule has 0 aliphatic heterocycles. The summed E-state index contributed by atoms with van der Waals surface area (Å²) < 4.78 is 77.7. The van der Waals surface area contributed by atoms with Gasteiger partial charge in [-0.15, -0.1) is 5.57 Å². The van der Waals surface area contributed by atoms with Crippen LogP contribution in [0.25, 0.3) is 5.57 Å². The van der Waals surface area contributed by atoms with Gasteiger partial charge in [-0.25, -0.2) is 20.1 Å². The van der Waals surface area contributed by atoms with Gasteiger partial charge in [0.2, 0.25) is 0 Å². The summed E-state index contributed by atoms with van der Waals surface area (Å²) >= 11 is 0.631. The summed E-state index contributed by atoms with van der Waals surface area (Å²) in [5.74, 6) is -15.4. The third-order valence-corrected chi connectivity index (χ3v) is 3.15. The molecule has 0 atom stereocenters. The van der Waals surface area contributed by atoms with E-state index in [1.54, 1.807) is 0 Å². The van der Waals surface area contributed by atoms with Crippen LogP contribution in [0.5, 0.6) is 0 Å². The number of allylic oxidation sites excluding steroid dienone is 2. The number of rotatable bonds is 1. The zero-order valence-corrected chi connectivity index (χ0v) is 11.7. The van der Waals surface area contributed by atoms with Crippen molar-refractivity contribution in [2.24, 2.45) is 0 Å². The van der Waals surface area contributed by atoms with Gasteiger partial charge < -0.3 is 4.98 Å². The maximum Gasteiger partial charge on any atom is 0.360 e. The third kappa shape index (κ3) is 1.92. The number of thiazole rings is 1. The Hall–Kier alpha value is -0.401. The van der Waals surface area contributed by atoms with E-state index in [9.17, 15) is 26.3 Å². The fourth-order valence-corrected chi connectivity index (χ4v) is 2.12. The van der Waals surface area contributed by atoms with Crippen LogP contribution in [-0.2, 0) is 20.1 Å². The van der Waals surface area contributed by atoms with Crippen molar-refractivity contribution in [3.05, 3.63) is 22.2 Å². The summed E-state index contributed by atoms with van der Waals surface area (Å²) in [6, 6.07) is 0. The van der Waals surface area contributed by atoms with Crippen LogP contribution >= 0.6 is 11.3 Å². The molecule has 0 spiro atoms. The first kappa shape index (κ1) is 15.7. The number of aromatic nitrogens is 1. The van der Waals surface area contributed by atoms with Crippen molar-refractivity contribution in [3.63, 3.8) is 0 Å². The molecule has 103 valence electrons. The number of nitrogens with zero attached hydrogens (tertiary/aromatic N) is 1. The van der Waals surface area contributed by atoms with E-state index in [-0.39, 0.29) is 20.1 Å². The fourth-order valence-electron chi connectivity index (χ4n) is 1.33. The molecule has 1 heterocycles. The van der Waals surface area contributed by atoms with Gasteiger partial charge in [0.05, 0.1) is 0 Å². The van der Waals surface area contributed by atoms with E-state index < -0.39 is 28.3 Å². The summed E-state index contributed by atoms with van der Waals surface area (Å²) in [7, 11) is 0. The van der Waals surface area contributed by atoms with Crippen LogP contribution < -0.4 is 0 Å². The molecule has 1 nitrogen and oxygen atoms in total. The molecule has 18 heavy (non-hydrogen) atoms. The molecule has 0 aromatic carbocycles. The Morgan fingerprint density at radius 3 is 2.06 bits per heavy atom. The van der Waals surface area contributed by atoms with Crippen molar-refractivity contribution < 1.29 is 46.4 Å². The fraction of sp³-hybridized carbons (Fsp3) is 0.444. The van der Waals surface area contributed by atoms with Crippen molar-refractivity contribution in [2.45, 2.75) is 24.7 Å². The standard InChI is InChI=1S/C9H4F6NS.Ir/c1-4-3-16-6(17-4)5-2-7(10,11)9(14,15)8(5,12)13;/h3H,1H3;/q-1;. The van der Waals surface area contributed by atoms with E-state index in [1.165, 1.54) is 6.92 Å². The van der Waals surface area contributed by atoms with Crippen molar-refractivity contribution in [3.8, 4) is 0 Å². The van der Waals surface area contributed by atoms with Crippen LogP contribution in [0.2, 0.25) is 0 Å². The van der Waals surface area contributed by atoms with Crippen LogP contribution in [0.4, 0.5) is 26.3 Å². The quantitative estimate of drug-likeness (QED) is 0.458. The van der Waals surface area contributed by atoms with Crippen molar-refractivity contribution in [1.82, 2.24) is 4.98 Å². The molecule has 0 saturated carbocycles. The van der Waals surface area contributed by atoms with E-state index in [4.69, 9.17) is 0 Å². The Kier molecular flexibility index (Phi) is 3.75. The first-order chi connectivity index (χ1) is 7.59. The number of alkyl halides is 6. The summed E-state index contributed by atoms with van der Waals surface area (Å²) in [5.41, 5.74) is -1.54. The molecule has 0 bridgehead atoms. The Labute approximate surface area is 115 Å². The molecular formula is C9H4F6IrNS-. The average Bonchev–Trinajstić information content (AvgIpc) is 2.64. The van der Waals surface area contributed by atoms with E-state index in [1.807, 2.05) is 0 Å². The molecule has 1 aromatic rings. The summed E-state index contributed by atoms with van der Waals surface area (Å²) in [6.07, 6.45) is 2.01. The van der Waals surface area contributed by atoms with Crippen molar-refractivity contribution in [2.75, 3.05) is 0 Å². The minimum absolute atomic E-state index is 0. The predicted octanol–water partition coefficient (Wildman–Crippen LogP) is 3.56. The Balaban J connectivity index is 0.00000162. The van der Waals surface area contributed by atoms with E-state index in [0.29, 0.717) is 16.2 Å². The summed E-state index contributed by atoms with van der Waals surface area (Å²) in [5, 5.41) is -0.565. The first-order valence-electron chi connectivity index (χ1n) is 4.31. The first-order valence-corrected chi connectivity index (χ1v) is 5.13. The zero-order chi connectivity index (χ0) is 13.1. The van der Waals surface area contributed by atoms with Crippen LogP contribution in [0.15, 0.2) is 6.20 Å². The van der Waals surface area contributed by atoms with Gasteiger partial charge in [0, 0.05) is 31.2 Å². The normalized spacial score (nSPS) is 23.4. The molecule has 0 fully saturated rings. The minimum atomic E-state index is -5.48. The second kappa shape index (κ2) is 4.31. The second-order valence-corrected chi connectivity index (χ2v) is 4.73. The second-order valence-electron chi connectivity index (χ2n) is 3.50. The number of hydrogen-bond donors (Lipinski definition) is 0. The van der Waals surface area contributed by atoms with Gasteiger partial charge in [-0.05, 0) is 11.9 Å². The molecule has 1 aromatic heterocycles. The maximum absolute atomic E-state index is 13.2. The molecule has 0 unspecified atom stereocenters. The molecule has 1 aliphatic rings. The molecule has 2 rings (SSSR count). The van der Waals surface area contributed by atoms with Gasteiger partial charge in [0.15, 0.2) is 0 Å². The summed E-state index contributed by atoms with van der Waals surface area (Å²) in [6.45, 7) is 1.49. The summed E-state index contributed by atoms with van der Waals surface area (Å²) in [4.78, 5) is 3.84. The number of hydrogen-bond acceptors (Lipinski definition) is 2. The average molecular weight is 464 g/mol. The topological polar surface area (TPSA) is 12.9 Å². The van der Waals surface area contributed by atoms with Crippen LogP contribution in [-0.4, -0.2) is 22.8 Å². The van der Waals surface area contributed by atoms with E-state index >= 15 is 0 Å². The van der Waals surface area contributed by atoms with Gasteiger partial charge in [-0.3, -0.25) is 0 Å². The molecule has 1 radical (unpaired) electrons. The van der Waals surface area contributed by atoms with Gasteiger partial charge >= 0.3 is 11.8 Å². The van der Waals surface area contributed by atoms with Gasteiger partial charge in [-0.2, -0.15) is 23.6 Å². The largest absolute Gasteiger partial charge is 0.360 e. The molecule has 0 amide bonds. The Bertz CT molecular complexity index is 495. The molecule has 1 aliphatic carbocycles. The molecule has 0 saturated heterocycles. The van der Waals surface area contributed by atoms with Crippen molar-refractivity contribution in [1.29, 1.82) is 0 Å². The minimum Gasteiger partial charge on any atom is -0.339 e. The zero-order valence-electron chi connectivity index (χ0n) is 8.53. The SMILES string of the molecule is Cc1cnc(C2=[C-]C(F)(F)C(F)(F)C2(F)F)s1.[Ir].